The molecule has 1 fully saturated rings. The Morgan fingerprint density at radius 2 is 1.93 bits per heavy atom. The number of aromatic nitrogens is 1. The molecule has 1 amide bonds. The van der Waals surface area contributed by atoms with Crippen molar-refractivity contribution < 1.29 is 13.6 Å². The Hall–Kier alpha value is -3.34. The second-order valence-electron chi connectivity index (χ2n) is 6.73. The van der Waals surface area contributed by atoms with Crippen molar-refractivity contribution in [1.29, 1.82) is 0 Å². The highest BCUT2D eigenvalue weighted by molar-refractivity contribution is 5.92. The lowest BCUT2D eigenvalue weighted by Gasteiger charge is -2.20. The van der Waals surface area contributed by atoms with Crippen LogP contribution >= 0.6 is 0 Å². The van der Waals surface area contributed by atoms with Crippen molar-refractivity contribution in [3.8, 4) is 11.1 Å². The molecule has 2 aromatic carbocycles. The van der Waals surface area contributed by atoms with Gasteiger partial charge in [-0.2, -0.15) is 0 Å². The maximum atomic E-state index is 12.7. The Kier molecular flexibility index (Phi) is 3.78. The third kappa shape index (κ3) is 2.81. The first-order chi connectivity index (χ1) is 13.3. The maximum absolute atomic E-state index is 12.7. The van der Waals surface area contributed by atoms with Crippen LogP contribution < -0.4 is 0 Å². The second-order valence-corrected chi connectivity index (χ2v) is 6.73. The van der Waals surface area contributed by atoms with Gasteiger partial charge in [0, 0.05) is 6.54 Å². The molecule has 4 aromatic rings. The Bertz CT molecular complexity index is 1080. The molecule has 1 atom stereocenters. The predicted octanol–water partition coefficient (Wildman–Crippen LogP) is 5.07. The number of likely N-dealkylation sites (tertiary alicyclic amines) is 1. The summed E-state index contributed by atoms with van der Waals surface area (Å²) in [4.78, 5) is 19.2. The highest BCUT2D eigenvalue weighted by atomic mass is 16.4. The quantitative estimate of drug-likeness (QED) is 0.513. The Balaban J connectivity index is 1.48. The Morgan fingerprint density at radius 3 is 2.74 bits per heavy atom. The molecule has 0 unspecified atom stereocenters. The number of hydrogen-bond acceptors (Lipinski definition) is 4. The molecule has 2 aromatic heterocycles. The van der Waals surface area contributed by atoms with Crippen LogP contribution in [0.25, 0.3) is 22.2 Å². The van der Waals surface area contributed by atoms with E-state index < -0.39 is 0 Å². The number of rotatable bonds is 3. The van der Waals surface area contributed by atoms with Crippen LogP contribution in [-0.2, 0) is 0 Å². The number of fused-ring (bicyclic) bond motifs is 1. The van der Waals surface area contributed by atoms with E-state index in [0.717, 1.165) is 35.1 Å². The fourth-order valence-electron chi connectivity index (χ4n) is 3.71. The van der Waals surface area contributed by atoms with Crippen LogP contribution in [0.4, 0.5) is 0 Å². The first-order valence-corrected chi connectivity index (χ1v) is 9.10. The topological polar surface area (TPSA) is 59.5 Å². The second kappa shape index (κ2) is 6.43. The van der Waals surface area contributed by atoms with Crippen LogP contribution in [0.15, 0.2) is 75.8 Å². The number of hydrogen-bond donors (Lipinski definition) is 0. The van der Waals surface area contributed by atoms with Crippen LogP contribution in [0.5, 0.6) is 0 Å². The molecule has 0 radical (unpaired) electrons. The minimum Gasteiger partial charge on any atom is -0.459 e. The minimum atomic E-state index is -0.157. The Morgan fingerprint density at radius 1 is 1.04 bits per heavy atom. The number of amides is 1. The zero-order valence-corrected chi connectivity index (χ0v) is 14.7. The zero-order valence-electron chi connectivity index (χ0n) is 14.7. The lowest BCUT2D eigenvalue weighted by Crippen LogP contribution is -2.30. The van der Waals surface area contributed by atoms with E-state index in [9.17, 15) is 4.79 Å². The van der Waals surface area contributed by atoms with Gasteiger partial charge in [0.25, 0.3) is 5.91 Å². The zero-order chi connectivity index (χ0) is 18.2. The van der Waals surface area contributed by atoms with Crippen molar-refractivity contribution >= 4 is 17.0 Å². The number of carbonyl (C=O) groups is 1. The maximum Gasteiger partial charge on any atom is 0.290 e. The molecule has 5 nitrogen and oxygen atoms in total. The van der Waals surface area contributed by atoms with Gasteiger partial charge in [-0.15, -0.1) is 0 Å². The summed E-state index contributed by atoms with van der Waals surface area (Å²) in [5.41, 5.74) is 3.78. The summed E-state index contributed by atoms with van der Waals surface area (Å²) in [5, 5.41) is 0. The molecule has 5 heteroatoms. The van der Waals surface area contributed by atoms with Crippen molar-refractivity contribution in [3.63, 3.8) is 0 Å². The van der Waals surface area contributed by atoms with Gasteiger partial charge in [0.15, 0.2) is 11.3 Å². The molecule has 5 rings (SSSR count). The van der Waals surface area contributed by atoms with Gasteiger partial charge in [0.2, 0.25) is 5.89 Å². The molecule has 1 saturated heterocycles. The lowest BCUT2D eigenvalue weighted by molar-refractivity contribution is 0.0684. The van der Waals surface area contributed by atoms with Gasteiger partial charge in [-0.25, -0.2) is 4.98 Å². The molecule has 0 saturated carbocycles. The third-order valence-corrected chi connectivity index (χ3v) is 5.04. The van der Waals surface area contributed by atoms with Crippen LogP contribution in [0.1, 0.15) is 35.3 Å². The largest absolute Gasteiger partial charge is 0.459 e. The molecule has 3 heterocycles. The van der Waals surface area contributed by atoms with E-state index in [-0.39, 0.29) is 11.9 Å². The summed E-state index contributed by atoms with van der Waals surface area (Å²) in [7, 11) is 0. The average Bonchev–Trinajstić information content (AvgIpc) is 3.47. The number of benzene rings is 2. The molecule has 0 N–H and O–H groups in total. The molecular weight excluding hydrogens is 340 g/mol. The van der Waals surface area contributed by atoms with E-state index in [1.54, 1.807) is 17.0 Å². The van der Waals surface area contributed by atoms with E-state index in [1.807, 2.05) is 36.4 Å². The molecule has 1 aliphatic heterocycles. The molecule has 0 spiro atoms. The molecule has 0 bridgehead atoms. The molecule has 0 aliphatic carbocycles. The summed E-state index contributed by atoms with van der Waals surface area (Å²) in [6.07, 6.45) is 3.28. The van der Waals surface area contributed by atoms with E-state index in [0.29, 0.717) is 18.2 Å². The molecule has 27 heavy (non-hydrogen) atoms. The first-order valence-electron chi connectivity index (χ1n) is 9.10. The monoisotopic (exact) mass is 358 g/mol. The normalized spacial score (nSPS) is 16.9. The molecular formula is C22H18N2O3. The average molecular weight is 358 g/mol. The summed E-state index contributed by atoms with van der Waals surface area (Å²) >= 11 is 0. The number of nitrogens with zero attached hydrogens (tertiary/aromatic N) is 2. The smallest absolute Gasteiger partial charge is 0.290 e. The van der Waals surface area contributed by atoms with E-state index in [2.05, 4.69) is 12.1 Å². The van der Waals surface area contributed by atoms with Gasteiger partial charge in [-0.05, 0) is 48.2 Å². The molecule has 1 aliphatic rings. The van der Waals surface area contributed by atoms with Gasteiger partial charge in [-0.1, -0.05) is 36.4 Å². The highest BCUT2D eigenvalue weighted by Crippen LogP contribution is 2.35. The van der Waals surface area contributed by atoms with Gasteiger partial charge >= 0.3 is 0 Å². The summed E-state index contributed by atoms with van der Waals surface area (Å²) in [6, 6.07) is 19.5. The number of furan rings is 1. The minimum absolute atomic E-state index is 0.116. The fraction of sp³-hybridized carbons (Fsp3) is 0.182. The van der Waals surface area contributed by atoms with Gasteiger partial charge in [0.1, 0.15) is 11.6 Å². The summed E-state index contributed by atoms with van der Waals surface area (Å²) < 4.78 is 11.3. The van der Waals surface area contributed by atoms with Crippen molar-refractivity contribution in [2.75, 3.05) is 6.54 Å². The van der Waals surface area contributed by atoms with Crippen molar-refractivity contribution in [2.24, 2.45) is 0 Å². The van der Waals surface area contributed by atoms with E-state index >= 15 is 0 Å². The summed E-state index contributed by atoms with van der Waals surface area (Å²) in [6.45, 7) is 0.679. The van der Waals surface area contributed by atoms with Gasteiger partial charge in [0.05, 0.1) is 6.26 Å². The predicted molar refractivity (Wildman–Crippen MR) is 101 cm³/mol. The van der Waals surface area contributed by atoms with Gasteiger partial charge < -0.3 is 13.7 Å². The number of carbonyl (C=O) groups excluding carboxylic acids is 1. The standard InChI is InChI=1S/C22H18N2O3/c25-22(20-9-5-13-26-20)24-12-4-8-18(24)21-23-17-14-16(10-11-19(17)27-21)15-6-2-1-3-7-15/h1-3,5-7,9-11,13-14,18H,4,8,12H2/t18-/m0/s1. The molecule has 134 valence electrons. The number of oxazole rings is 1. The SMILES string of the molecule is O=C(c1ccco1)N1CCC[C@H]1c1nc2cc(-c3ccccc3)ccc2o1. The third-order valence-electron chi connectivity index (χ3n) is 5.04. The van der Waals surface area contributed by atoms with Gasteiger partial charge in [-0.3, -0.25) is 4.79 Å². The Labute approximate surface area is 156 Å². The van der Waals surface area contributed by atoms with Crippen molar-refractivity contribution in [1.82, 2.24) is 9.88 Å². The van der Waals surface area contributed by atoms with E-state index in [1.165, 1.54) is 6.26 Å². The van der Waals surface area contributed by atoms with Crippen LogP contribution in [0, 0.1) is 0 Å². The van der Waals surface area contributed by atoms with Crippen LogP contribution in [-0.4, -0.2) is 22.3 Å². The lowest BCUT2D eigenvalue weighted by atomic mass is 10.1. The van der Waals surface area contributed by atoms with Crippen molar-refractivity contribution in [2.45, 2.75) is 18.9 Å². The summed E-state index contributed by atoms with van der Waals surface area (Å²) in [5.74, 6) is 0.826. The van der Waals surface area contributed by atoms with E-state index in [4.69, 9.17) is 13.8 Å². The van der Waals surface area contributed by atoms with Crippen molar-refractivity contribution in [3.05, 3.63) is 78.6 Å². The van der Waals surface area contributed by atoms with Crippen LogP contribution in [0.3, 0.4) is 0 Å². The highest BCUT2D eigenvalue weighted by Gasteiger charge is 2.35. The first kappa shape index (κ1) is 15.9. The van der Waals surface area contributed by atoms with Crippen LogP contribution in [0.2, 0.25) is 0 Å². The fourth-order valence-corrected chi connectivity index (χ4v) is 3.71.